The van der Waals surface area contributed by atoms with E-state index in [2.05, 4.69) is 10.6 Å². The van der Waals surface area contributed by atoms with Crippen LogP contribution in [0.5, 0.6) is 0 Å². The van der Waals surface area contributed by atoms with E-state index in [4.69, 9.17) is 23.2 Å². The van der Waals surface area contributed by atoms with Gasteiger partial charge in [0.2, 0.25) is 11.8 Å². The normalized spacial score (nSPS) is 10.3. The van der Waals surface area contributed by atoms with Crippen molar-refractivity contribution in [2.45, 2.75) is 19.3 Å². The van der Waals surface area contributed by atoms with Gasteiger partial charge in [0.1, 0.15) is 0 Å². The molecule has 0 aliphatic heterocycles. The average Bonchev–Trinajstić information content (AvgIpc) is 2.59. The van der Waals surface area contributed by atoms with E-state index in [9.17, 15) is 9.59 Å². The van der Waals surface area contributed by atoms with E-state index in [-0.39, 0.29) is 11.8 Å². The van der Waals surface area contributed by atoms with Gasteiger partial charge in [0.15, 0.2) is 0 Å². The Kier molecular flexibility index (Phi) is 7.76. The van der Waals surface area contributed by atoms with Crippen LogP contribution < -0.4 is 10.6 Å². The molecular formula is C19H20Cl2N2O2. The lowest BCUT2D eigenvalue weighted by Gasteiger charge is -2.07. The first-order valence-corrected chi connectivity index (χ1v) is 8.81. The smallest absolute Gasteiger partial charge is 0.224 e. The summed E-state index contributed by atoms with van der Waals surface area (Å²) in [6.45, 7) is 1.04. The molecule has 0 bridgehead atoms. The van der Waals surface area contributed by atoms with Crippen molar-refractivity contribution in [2.24, 2.45) is 0 Å². The Morgan fingerprint density at radius 2 is 1.04 bits per heavy atom. The Morgan fingerprint density at radius 1 is 0.680 bits per heavy atom. The van der Waals surface area contributed by atoms with Gasteiger partial charge in [-0.15, -0.1) is 0 Å². The van der Waals surface area contributed by atoms with Gasteiger partial charge in [-0.3, -0.25) is 9.59 Å². The molecule has 0 aliphatic carbocycles. The van der Waals surface area contributed by atoms with E-state index in [0.29, 0.717) is 42.4 Å². The van der Waals surface area contributed by atoms with Crippen LogP contribution in [0.1, 0.15) is 17.5 Å². The third-order valence-electron chi connectivity index (χ3n) is 3.55. The maximum Gasteiger partial charge on any atom is 0.224 e. The molecule has 0 unspecified atom stereocenters. The second-order valence-corrected chi connectivity index (χ2v) is 6.53. The van der Waals surface area contributed by atoms with Crippen molar-refractivity contribution in [1.29, 1.82) is 0 Å². The quantitative estimate of drug-likeness (QED) is 0.691. The summed E-state index contributed by atoms with van der Waals surface area (Å²) >= 11 is 11.6. The predicted molar refractivity (Wildman–Crippen MR) is 101 cm³/mol. The summed E-state index contributed by atoms with van der Waals surface area (Å²) in [5.74, 6) is -0.0929. The van der Waals surface area contributed by atoms with Crippen molar-refractivity contribution < 1.29 is 9.59 Å². The Labute approximate surface area is 157 Å². The fourth-order valence-electron chi connectivity index (χ4n) is 2.24. The minimum Gasteiger partial charge on any atom is -0.356 e. The molecule has 6 heteroatoms. The van der Waals surface area contributed by atoms with Crippen LogP contribution in [0.15, 0.2) is 48.5 Å². The predicted octanol–water partition coefficient (Wildman–Crippen LogP) is 3.40. The Hall–Kier alpha value is -2.04. The van der Waals surface area contributed by atoms with E-state index < -0.39 is 0 Å². The van der Waals surface area contributed by atoms with Crippen molar-refractivity contribution >= 4 is 35.0 Å². The van der Waals surface area contributed by atoms with E-state index in [1.54, 1.807) is 24.3 Å². The average molecular weight is 379 g/mol. The molecule has 4 nitrogen and oxygen atoms in total. The third kappa shape index (κ3) is 7.59. The number of benzene rings is 2. The van der Waals surface area contributed by atoms with Gasteiger partial charge in [0.25, 0.3) is 0 Å². The van der Waals surface area contributed by atoms with E-state index in [1.807, 2.05) is 24.3 Å². The van der Waals surface area contributed by atoms with Gasteiger partial charge in [-0.1, -0.05) is 47.5 Å². The summed E-state index contributed by atoms with van der Waals surface area (Å²) in [5.41, 5.74) is 1.83. The van der Waals surface area contributed by atoms with Gasteiger partial charge in [0, 0.05) is 23.1 Å². The standard InChI is InChI=1S/C19H20Cl2N2O2/c20-16-6-2-14(3-7-16)12-18(24)22-10-1-11-23-19(25)13-15-4-8-17(21)9-5-15/h2-9H,1,10-13H2,(H,22,24)(H,23,25). The van der Waals surface area contributed by atoms with Gasteiger partial charge in [-0.2, -0.15) is 0 Å². The summed E-state index contributed by atoms with van der Waals surface area (Å²) in [5, 5.41) is 6.98. The molecule has 0 saturated carbocycles. The van der Waals surface area contributed by atoms with Crippen LogP contribution in [0.4, 0.5) is 0 Å². The molecule has 132 valence electrons. The molecule has 0 radical (unpaired) electrons. The summed E-state index contributed by atoms with van der Waals surface area (Å²) in [7, 11) is 0. The summed E-state index contributed by atoms with van der Waals surface area (Å²) in [4.78, 5) is 23.6. The highest BCUT2D eigenvalue weighted by Crippen LogP contribution is 2.10. The molecule has 0 aliphatic rings. The van der Waals surface area contributed by atoms with Crippen LogP contribution >= 0.6 is 23.2 Å². The Morgan fingerprint density at radius 3 is 1.40 bits per heavy atom. The second kappa shape index (κ2) is 10.1. The summed E-state index contributed by atoms with van der Waals surface area (Å²) in [6, 6.07) is 14.4. The van der Waals surface area contributed by atoms with Gasteiger partial charge < -0.3 is 10.6 Å². The van der Waals surface area contributed by atoms with E-state index >= 15 is 0 Å². The van der Waals surface area contributed by atoms with Gasteiger partial charge in [-0.05, 0) is 41.8 Å². The number of hydrogen-bond acceptors (Lipinski definition) is 2. The van der Waals surface area contributed by atoms with Crippen molar-refractivity contribution in [2.75, 3.05) is 13.1 Å². The Bertz CT molecular complexity index is 639. The monoisotopic (exact) mass is 378 g/mol. The number of carbonyl (C=O) groups is 2. The van der Waals surface area contributed by atoms with E-state index in [0.717, 1.165) is 11.1 Å². The van der Waals surface area contributed by atoms with Gasteiger partial charge >= 0.3 is 0 Å². The molecule has 0 spiro atoms. The van der Waals surface area contributed by atoms with Crippen LogP contribution in [0.3, 0.4) is 0 Å². The highest BCUT2D eigenvalue weighted by Gasteiger charge is 2.04. The first kappa shape index (κ1) is 19.3. The Balaban J connectivity index is 1.57. The zero-order chi connectivity index (χ0) is 18.1. The zero-order valence-corrected chi connectivity index (χ0v) is 15.2. The molecule has 25 heavy (non-hydrogen) atoms. The molecule has 2 aromatic rings. The fraction of sp³-hybridized carbons (Fsp3) is 0.263. The molecule has 0 atom stereocenters. The third-order valence-corrected chi connectivity index (χ3v) is 4.06. The van der Waals surface area contributed by atoms with Crippen molar-refractivity contribution in [1.82, 2.24) is 10.6 Å². The van der Waals surface area contributed by atoms with E-state index in [1.165, 1.54) is 0 Å². The highest BCUT2D eigenvalue weighted by atomic mass is 35.5. The van der Waals surface area contributed by atoms with Crippen molar-refractivity contribution in [3.8, 4) is 0 Å². The lowest BCUT2D eigenvalue weighted by atomic mass is 10.1. The first-order valence-electron chi connectivity index (χ1n) is 8.05. The maximum absolute atomic E-state index is 11.8. The number of nitrogens with one attached hydrogen (secondary N) is 2. The zero-order valence-electron chi connectivity index (χ0n) is 13.7. The highest BCUT2D eigenvalue weighted by molar-refractivity contribution is 6.30. The molecule has 0 heterocycles. The fourth-order valence-corrected chi connectivity index (χ4v) is 2.50. The van der Waals surface area contributed by atoms with Crippen LogP contribution in [0, 0.1) is 0 Å². The molecule has 2 aromatic carbocycles. The summed E-state index contributed by atoms with van der Waals surface area (Å²) < 4.78 is 0. The van der Waals surface area contributed by atoms with Gasteiger partial charge in [0.05, 0.1) is 12.8 Å². The largest absolute Gasteiger partial charge is 0.356 e. The summed E-state index contributed by atoms with van der Waals surface area (Å²) in [6.07, 6.45) is 1.32. The van der Waals surface area contributed by atoms with Crippen LogP contribution in [0.25, 0.3) is 0 Å². The molecular weight excluding hydrogens is 359 g/mol. The molecule has 2 amide bonds. The number of rotatable bonds is 8. The molecule has 0 fully saturated rings. The molecule has 2 N–H and O–H groups in total. The van der Waals surface area contributed by atoms with Crippen molar-refractivity contribution in [3.05, 3.63) is 69.7 Å². The molecule has 0 saturated heterocycles. The molecule has 0 aromatic heterocycles. The topological polar surface area (TPSA) is 58.2 Å². The van der Waals surface area contributed by atoms with Gasteiger partial charge in [-0.25, -0.2) is 0 Å². The second-order valence-electron chi connectivity index (χ2n) is 5.66. The van der Waals surface area contributed by atoms with Crippen LogP contribution in [0.2, 0.25) is 10.0 Å². The van der Waals surface area contributed by atoms with Crippen LogP contribution in [-0.4, -0.2) is 24.9 Å². The number of hydrogen-bond donors (Lipinski definition) is 2. The van der Waals surface area contributed by atoms with Crippen LogP contribution in [-0.2, 0) is 22.4 Å². The lowest BCUT2D eigenvalue weighted by molar-refractivity contribution is -0.120. The van der Waals surface area contributed by atoms with Crippen molar-refractivity contribution in [3.63, 3.8) is 0 Å². The lowest BCUT2D eigenvalue weighted by Crippen LogP contribution is -2.31. The number of halogens is 2. The number of amides is 2. The number of carbonyl (C=O) groups excluding carboxylic acids is 2. The maximum atomic E-state index is 11.8. The minimum atomic E-state index is -0.0465. The molecule has 2 rings (SSSR count). The first-order chi connectivity index (χ1) is 12.0. The minimum absolute atomic E-state index is 0.0465. The SMILES string of the molecule is O=C(Cc1ccc(Cl)cc1)NCCCNC(=O)Cc1ccc(Cl)cc1.